The van der Waals surface area contributed by atoms with E-state index in [2.05, 4.69) is 26.8 Å². The molecule has 1 heterocycles. The summed E-state index contributed by atoms with van der Waals surface area (Å²) in [6, 6.07) is 5.07. The maximum atomic E-state index is 11.4. The summed E-state index contributed by atoms with van der Waals surface area (Å²) in [7, 11) is 2.07. The lowest BCUT2D eigenvalue weighted by atomic mass is 10.1. The van der Waals surface area contributed by atoms with E-state index in [1.807, 2.05) is 6.07 Å². The van der Waals surface area contributed by atoms with E-state index in [-0.39, 0.29) is 11.9 Å². The van der Waals surface area contributed by atoms with Crippen molar-refractivity contribution in [1.29, 1.82) is 0 Å². The van der Waals surface area contributed by atoms with E-state index < -0.39 is 5.91 Å². The average Bonchev–Trinajstić information content (AvgIpc) is 2.47. The van der Waals surface area contributed by atoms with Gasteiger partial charge in [-0.2, -0.15) is 4.99 Å². The van der Waals surface area contributed by atoms with Crippen molar-refractivity contribution in [1.82, 2.24) is 4.90 Å². The Morgan fingerprint density at radius 1 is 1.09 bits per heavy atom. The van der Waals surface area contributed by atoms with Crippen molar-refractivity contribution in [2.45, 2.75) is 0 Å². The molecule has 1 saturated heterocycles. The largest absolute Gasteiger partial charge is 0.370 e. The SMILES string of the molecule is CN1CCN(c2ccc(C(N)=O)cc2N=C(N)N=C(N)N)CC1. The van der Waals surface area contributed by atoms with Crippen molar-refractivity contribution >= 4 is 29.2 Å². The van der Waals surface area contributed by atoms with Crippen LogP contribution in [0.2, 0.25) is 0 Å². The Bertz CT molecular complexity index is 642. The minimum absolute atomic E-state index is 0.0815. The van der Waals surface area contributed by atoms with E-state index >= 15 is 0 Å². The zero-order valence-electron chi connectivity index (χ0n) is 13.1. The van der Waals surface area contributed by atoms with Crippen molar-refractivity contribution in [3.05, 3.63) is 23.8 Å². The summed E-state index contributed by atoms with van der Waals surface area (Å²) in [4.78, 5) is 23.7. The smallest absolute Gasteiger partial charge is 0.248 e. The van der Waals surface area contributed by atoms with Crippen LogP contribution in [0.25, 0.3) is 0 Å². The van der Waals surface area contributed by atoms with Gasteiger partial charge in [0.15, 0.2) is 5.96 Å². The second-order valence-corrected chi connectivity index (χ2v) is 5.36. The van der Waals surface area contributed by atoms with Gasteiger partial charge in [-0.25, -0.2) is 4.99 Å². The maximum Gasteiger partial charge on any atom is 0.248 e. The number of aliphatic imine (C=N–C) groups is 2. The molecule has 0 spiro atoms. The number of primary amides is 1. The fourth-order valence-electron chi connectivity index (χ4n) is 2.36. The number of piperazine rings is 1. The number of amides is 1. The number of nitrogens with two attached hydrogens (primary N) is 4. The van der Waals surface area contributed by atoms with Gasteiger partial charge in [0.25, 0.3) is 0 Å². The molecule has 2 rings (SSSR count). The van der Waals surface area contributed by atoms with E-state index in [0.717, 1.165) is 31.9 Å². The van der Waals surface area contributed by atoms with E-state index in [1.165, 1.54) is 0 Å². The summed E-state index contributed by atoms with van der Waals surface area (Å²) < 4.78 is 0. The van der Waals surface area contributed by atoms with Gasteiger partial charge in [0.05, 0.1) is 11.4 Å². The molecule has 0 radical (unpaired) electrons. The first-order valence-electron chi connectivity index (χ1n) is 7.18. The molecule has 0 bridgehead atoms. The molecule has 124 valence electrons. The molecule has 0 aromatic heterocycles. The molecule has 8 N–H and O–H groups in total. The second kappa shape index (κ2) is 6.97. The number of benzene rings is 1. The summed E-state index contributed by atoms with van der Waals surface area (Å²) in [5.41, 5.74) is 23.4. The Kier molecular flexibility index (Phi) is 5.02. The zero-order chi connectivity index (χ0) is 17.0. The number of carbonyl (C=O) groups excluding carboxylic acids is 1. The predicted molar refractivity (Wildman–Crippen MR) is 91.8 cm³/mol. The highest BCUT2D eigenvalue weighted by Gasteiger charge is 2.18. The number of nitrogens with zero attached hydrogens (tertiary/aromatic N) is 4. The van der Waals surface area contributed by atoms with Gasteiger partial charge >= 0.3 is 0 Å². The van der Waals surface area contributed by atoms with Crippen molar-refractivity contribution in [3.8, 4) is 0 Å². The van der Waals surface area contributed by atoms with Crippen LogP contribution in [0.15, 0.2) is 28.2 Å². The summed E-state index contributed by atoms with van der Waals surface area (Å²) >= 11 is 0. The lowest BCUT2D eigenvalue weighted by Crippen LogP contribution is -2.44. The number of hydrogen-bond donors (Lipinski definition) is 4. The van der Waals surface area contributed by atoms with E-state index in [9.17, 15) is 4.79 Å². The molecule has 1 aliphatic heterocycles. The number of likely N-dealkylation sites (N-methyl/N-ethyl adjacent to an activating group) is 1. The van der Waals surface area contributed by atoms with E-state index in [4.69, 9.17) is 22.9 Å². The Morgan fingerprint density at radius 3 is 2.30 bits per heavy atom. The normalized spacial score (nSPS) is 16.2. The van der Waals surface area contributed by atoms with Gasteiger partial charge in [-0.15, -0.1) is 0 Å². The number of rotatable bonds is 3. The van der Waals surface area contributed by atoms with Gasteiger partial charge in [-0.05, 0) is 25.2 Å². The number of hydrogen-bond acceptors (Lipinski definition) is 4. The number of anilines is 1. The molecule has 1 aromatic carbocycles. The maximum absolute atomic E-state index is 11.4. The third-order valence-electron chi connectivity index (χ3n) is 3.58. The number of guanidine groups is 2. The Morgan fingerprint density at radius 2 is 1.74 bits per heavy atom. The van der Waals surface area contributed by atoms with Crippen molar-refractivity contribution in [2.24, 2.45) is 32.9 Å². The predicted octanol–water partition coefficient (Wildman–Crippen LogP) is -1.24. The Hall–Kier alpha value is -2.81. The quantitative estimate of drug-likeness (QED) is 0.404. The molecular formula is C14H22N8O. The molecule has 1 aliphatic rings. The summed E-state index contributed by atoms with van der Waals surface area (Å²) in [5, 5.41) is 0. The first kappa shape index (κ1) is 16.6. The molecular weight excluding hydrogens is 296 g/mol. The van der Waals surface area contributed by atoms with Gasteiger partial charge < -0.3 is 32.7 Å². The van der Waals surface area contributed by atoms with Crippen LogP contribution in [0.4, 0.5) is 11.4 Å². The monoisotopic (exact) mass is 318 g/mol. The number of carbonyl (C=O) groups is 1. The van der Waals surface area contributed by atoms with Gasteiger partial charge in [-0.3, -0.25) is 4.79 Å². The first-order chi connectivity index (χ1) is 10.9. The highest BCUT2D eigenvalue weighted by atomic mass is 16.1. The summed E-state index contributed by atoms with van der Waals surface area (Å²) in [6.07, 6.45) is 0. The zero-order valence-corrected chi connectivity index (χ0v) is 13.1. The van der Waals surface area contributed by atoms with Crippen molar-refractivity contribution in [3.63, 3.8) is 0 Å². The molecule has 23 heavy (non-hydrogen) atoms. The Balaban J connectivity index is 2.41. The van der Waals surface area contributed by atoms with Crippen LogP contribution in [0, 0.1) is 0 Å². The van der Waals surface area contributed by atoms with E-state index in [1.54, 1.807) is 12.1 Å². The molecule has 0 atom stereocenters. The highest BCUT2D eigenvalue weighted by molar-refractivity contribution is 5.97. The lowest BCUT2D eigenvalue weighted by Gasteiger charge is -2.34. The van der Waals surface area contributed by atoms with Crippen LogP contribution < -0.4 is 27.8 Å². The van der Waals surface area contributed by atoms with Gasteiger partial charge in [-0.1, -0.05) is 0 Å². The Labute approximate surface area is 134 Å². The van der Waals surface area contributed by atoms with Crippen LogP contribution in [0.1, 0.15) is 10.4 Å². The van der Waals surface area contributed by atoms with Gasteiger partial charge in [0.2, 0.25) is 11.9 Å². The van der Waals surface area contributed by atoms with Crippen LogP contribution in [-0.2, 0) is 0 Å². The molecule has 1 amide bonds. The summed E-state index contributed by atoms with van der Waals surface area (Å²) in [5.74, 6) is -0.799. The van der Waals surface area contributed by atoms with Crippen LogP contribution in [-0.4, -0.2) is 56.0 Å². The van der Waals surface area contributed by atoms with E-state index in [0.29, 0.717) is 11.3 Å². The minimum Gasteiger partial charge on any atom is -0.370 e. The minimum atomic E-state index is -0.535. The third kappa shape index (κ3) is 4.33. The third-order valence-corrected chi connectivity index (χ3v) is 3.58. The molecule has 0 aliphatic carbocycles. The topological polar surface area (TPSA) is 152 Å². The van der Waals surface area contributed by atoms with Gasteiger partial charge in [0, 0.05) is 31.7 Å². The fraction of sp³-hybridized carbons (Fsp3) is 0.357. The highest BCUT2D eigenvalue weighted by Crippen LogP contribution is 2.30. The van der Waals surface area contributed by atoms with Crippen LogP contribution >= 0.6 is 0 Å². The summed E-state index contributed by atoms with van der Waals surface area (Å²) in [6.45, 7) is 3.56. The lowest BCUT2D eigenvalue weighted by molar-refractivity contribution is 0.100. The van der Waals surface area contributed by atoms with Crippen molar-refractivity contribution < 1.29 is 4.79 Å². The standard InChI is InChI=1S/C14H22N8O/c1-21-4-6-22(7-5-21)11-3-2-9(12(15)23)8-10(11)19-14(18)20-13(16)17/h2-3,8H,4-7H2,1H3,(H2,15,23)(H6,16,17,18,19,20). The molecule has 1 fully saturated rings. The molecule has 0 saturated carbocycles. The van der Waals surface area contributed by atoms with Crippen molar-refractivity contribution in [2.75, 3.05) is 38.1 Å². The van der Waals surface area contributed by atoms with Crippen LogP contribution in [0.5, 0.6) is 0 Å². The molecule has 0 unspecified atom stereocenters. The second-order valence-electron chi connectivity index (χ2n) is 5.36. The fourth-order valence-corrected chi connectivity index (χ4v) is 2.36. The molecule has 9 heteroatoms. The first-order valence-corrected chi connectivity index (χ1v) is 7.18. The van der Waals surface area contributed by atoms with Gasteiger partial charge in [0.1, 0.15) is 0 Å². The van der Waals surface area contributed by atoms with Crippen LogP contribution in [0.3, 0.4) is 0 Å². The molecule has 9 nitrogen and oxygen atoms in total. The molecule has 1 aromatic rings. The average molecular weight is 318 g/mol.